The lowest BCUT2D eigenvalue weighted by Crippen LogP contribution is -2.32. The first-order valence-corrected chi connectivity index (χ1v) is 6.98. The zero-order chi connectivity index (χ0) is 14.5. The molecule has 1 atom stereocenters. The molecule has 1 heterocycles. The Kier molecular flexibility index (Phi) is 10.9. The Hall–Kier alpha value is -1.36. The quantitative estimate of drug-likeness (QED) is 0.541. The molecule has 0 bridgehead atoms. The van der Waals surface area contributed by atoms with E-state index in [4.69, 9.17) is 5.11 Å². The molecular weight excluding hydrogens is 244 g/mol. The van der Waals surface area contributed by atoms with Gasteiger partial charge in [-0.05, 0) is 19.8 Å². The molecule has 0 fully saturated rings. The van der Waals surface area contributed by atoms with Crippen molar-refractivity contribution < 1.29 is 19.6 Å². The number of carbonyl (C=O) groups excluding carboxylic acids is 1. The molecule has 0 unspecified atom stereocenters. The molecule has 0 saturated heterocycles. The van der Waals surface area contributed by atoms with E-state index in [0.29, 0.717) is 0 Å². The van der Waals surface area contributed by atoms with Gasteiger partial charge in [0.25, 0.3) is 0 Å². The second-order valence-corrected chi connectivity index (χ2v) is 4.61. The first-order valence-electron chi connectivity index (χ1n) is 6.98. The van der Waals surface area contributed by atoms with Gasteiger partial charge >= 0.3 is 0 Å². The number of carboxylic acids is 1. The van der Waals surface area contributed by atoms with Crippen molar-refractivity contribution in [1.29, 1.82) is 0 Å². The van der Waals surface area contributed by atoms with Crippen molar-refractivity contribution in [2.75, 3.05) is 0 Å². The number of unbranched alkanes of at least 4 members (excludes halogenated alkanes) is 5. The standard InChI is InChI=1S/C11H20N2.C3H6O3/c1-2-3-4-5-6-7-9-13-10-8-12-11-13;1-2(4)3(5)6/h8,10-11H,2-7,9H2,1H3;2,4H,1H3,(H,5,6)/t;2-/m.0/s1. The number of hydrogen-bond acceptors (Lipinski definition) is 3. The van der Waals surface area contributed by atoms with Crippen LogP contribution in [0.3, 0.4) is 0 Å². The number of aliphatic hydroxyl groups is 1. The molecule has 1 aromatic heterocycles. The molecule has 1 rings (SSSR count). The molecule has 1 aromatic rings. The Morgan fingerprint density at radius 2 is 1.89 bits per heavy atom. The van der Waals surface area contributed by atoms with Gasteiger partial charge in [-0.15, -0.1) is 0 Å². The summed E-state index contributed by atoms with van der Waals surface area (Å²) in [6, 6.07) is 0. The molecule has 0 aliphatic heterocycles. The molecule has 0 spiro atoms. The number of carboxylic acid groups (broad SMARTS) is 1. The maximum Gasteiger partial charge on any atom is 0.241 e. The zero-order valence-corrected chi connectivity index (χ0v) is 12.0. The first-order chi connectivity index (χ1) is 9.07. The summed E-state index contributed by atoms with van der Waals surface area (Å²) < 4.78 is 2.21. The van der Waals surface area contributed by atoms with Gasteiger partial charge in [-0.25, -0.2) is 4.57 Å². The van der Waals surface area contributed by atoms with Crippen LogP contribution in [0.25, 0.3) is 0 Å². The average molecular weight is 270 g/mol. The normalized spacial score (nSPS) is 11.5. The molecule has 5 heteroatoms. The number of rotatable bonds is 8. The van der Waals surface area contributed by atoms with Crippen molar-refractivity contribution >= 4 is 5.97 Å². The van der Waals surface area contributed by atoms with E-state index in [1.165, 1.54) is 38.5 Å². The van der Waals surface area contributed by atoms with Crippen LogP contribution in [-0.2, 0) is 11.3 Å². The summed E-state index contributed by atoms with van der Waals surface area (Å²) in [6.45, 7) is 4.56. The summed E-state index contributed by atoms with van der Waals surface area (Å²) in [5.41, 5.74) is 0. The van der Waals surface area contributed by atoms with E-state index in [1.807, 2.05) is 12.5 Å². The fourth-order valence-electron chi connectivity index (χ4n) is 1.53. The van der Waals surface area contributed by atoms with Crippen LogP contribution in [0.1, 0.15) is 52.4 Å². The molecule has 0 aliphatic rings. The lowest BCUT2D eigenvalue weighted by atomic mass is 10.1. The highest BCUT2D eigenvalue weighted by molar-refractivity contribution is 5.68. The number of nitrogens with zero attached hydrogens (tertiary/aromatic N) is 1. The number of aliphatic carboxylic acids is 1. The van der Waals surface area contributed by atoms with Crippen molar-refractivity contribution in [3.63, 3.8) is 0 Å². The van der Waals surface area contributed by atoms with E-state index in [9.17, 15) is 9.90 Å². The maximum atomic E-state index is 9.34. The van der Waals surface area contributed by atoms with Crippen molar-refractivity contribution in [1.82, 2.24) is 4.98 Å². The van der Waals surface area contributed by atoms with Gasteiger partial charge in [-0.1, -0.05) is 32.6 Å². The molecule has 0 aliphatic carbocycles. The Morgan fingerprint density at radius 3 is 2.37 bits per heavy atom. The van der Waals surface area contributed by atoms with Crippen LogP contribution in [0, 0.1) is 0 Å². The monoisotopic (exact) mass is 270 g/mol. The highest BCUT2D eigenvalue weighted by atomic mass is 16.4. The van der Waals surface area contributed by atoms with Crippen LogP contribution in [0.5, 0.6) is 0 Å². The number of aromatic amines is 1. The van der Waals surface area contributed by atoms with Crippen LogP contribution >= 0.6 is 0 Å². The van der Waals surface area contributed by atoms with Crippen LogP contribution < -0.4 is 9.67 Å². The van der Waals surface area contributed by atoms with Gasteiger partial charge in [0.05, 0.1) is 18.6 Å². The summed E-state index contributed by atoms with van der Waals surface area (Å²) in [4.78, 5) is 12.4. The van der Waals surface area contributed by atoms with Gasteiger partial charge in [-0.3, -0.25) is 4.98 Å². The van der Waals surface area contributed by atoms with Gasteiger partial charge in [0.2, 0.25) is 6.33 Å². The number of imidazole rings is 1. The van der Waals surface area contributed by atoms with Crippen molar-refractivity contribution in [2.45, 2.75) is 65.0 Å². The summed E-state index contributed by atoms with van der Waals surface area (Å²) in [5.74, 6) is -1.44. The fraction of sp³-hybridized carbons (Fsp3) is 0.714. The molecule has 2 N–H and O–H groups in total. The second kappa shape index (κ2) is 11.7. The molecule has 5 nitrogen and oxygen atoms in total. The second-order valence-electron chi connectivity index (χ2n) is 4.61. The number of hydrogen-bond donors (Lipinski definition) is 2. The molecule has 19 heavy (non-hydrogen) atoms. The Bertz CT molecular complexity index is 311. The van der Waals surface area contributed by atoms with Crippen molar-refractivity contribution in [3.05, 3.63) is 18.7 Å². The number of nitrogens with one attached hydrogen (secondary N) is 1. The van der Waals surface area contributed by atoms with Crippen LogP contribution in [0.15, 0.2) is 18.7 Å². The number of aromatic nitrogens is 2. The Morgan fingerprint density at radius 1 is 1.32 bits per heavy atom. The highest BCUT2D eigenvalue weighted by Gasteiger charge is 1.95. The number of aryl methyl sites for hydroxylation is 1. The SMILES string of the molecule is CCCCCCCC[n+]1cc[nH]c1.C[C@H](O)C(=O)[O-]. The molecule has 0 saturated carbocycles. The number of aliphatic hydroxyl groups excluding tert-OH is 1. The molecular formula is C14H26N2O3. The highest BCUT2D eigenvalue weighted by Crippen LogP contribution is 2.04. The van der Waals surface area contributed by atoms with Gasteiger partial charge in [0.1, 0.15) is 12.4 Å². The average Bonchev–Trinajstić information content (AvgIpc) is 2.87. The third-order valence-corrected chi connectivity index (χ3v) is 2.71. The summed E-state index contributed by atoms with van der Waals surface area (Å²) >= 11 is 0. The minimum atomic E-state index is -1.44. The van der Waals surface area contributed by atoms with Crippen molar-refractivity contribution in [2.24, 2.45) is 0 Å². The maximum absolute atomic E-state index is 9.34. The van der Waals surface area contributed by atoms with Crippen LogP contribution in [0.4, 0.5) is 0 Å². The summed E-state index contributed by atoms with van der Waals surface area (Å²) in [6.07, 6.45) is 13.0. The summed E-state index contributed by atoms with van der Waals surface area (Å²) in [5, 5.41) is 17.3. The Balaban J connectivity index is 0.000000459. The predicted molar refractivity (Wildman–Crippen MR) is 71.1 cm³/mol. The van der Waals surface area contributed by atoms with E-state index >= 15 is 0 Å². The number of carbonyl (C=O) groups is 1. The van der Waals surface area contributed by atoms with Crippen LogP contribution in [0.2, 0.25) is 0 Å². The predicted octanol–water partition coefficient (Wildman–Crippen LogP) is 0.780. The van der Waals surface area contributed by atoms with Crippen LogP contribution in [-0.4, -0.2) is 22.2 Å². The van der Waals surface area contributed by atoms with E-state index in [-0.39, 0.29) is 0 Å². The topological polar surface area (TPSA) is 80.0 Å². The van der Waals surface area contributed by atoms with E-state index in [2.05, 4.69) is 22.7 Å². The fourth-order valence-corrected chi connectivity index (χ4v) is 1.53. The van der Waals surface area contributed by atoms with Gasteiger partial charge in [0, 0.05) is 0 Å². The Labute approximate surface area is 115 Å². The van der Waals surface area contributed by atoms with Gasteiger partial charge in [0.15, 0.2) is 0 Å². The molecule has 110 valence electrons. The summed E-state index contributed by atoms with van der Waals surface area (Å²) in [7, 11) is 0. The van der Waals surface area contributed by atoms with Gasteiger partial charge in [-0.2, -0.15) is 0 Å². The number of H-pyrrole nitrogens is 1. The van der Waals surface area contributed by atoms with E-state index in [1.54, 1.807) is 0 Å². The lowest BCUT2D eigenvalue weighted by molar-refractivity contribution is -0.696. The molecule has 0 radical (unpaired) electrons. The first kappa shape index (κ1) is 17.6. The third kappa shape index (κ3) is 11.5. The van der Waals surface area contributed by atoms with E-state index in [0.717, 1.165) is 13.5 Å². The zero-order valence-electron chi connectivity index (χ0n) is 12.0. The molecule has 0 aromatic carbocycles. The minimum Gasteiger partial charge on any atom is -0.547 e. The van der Waals surface area contributed by atoms with Gasteiger partial charge < -0.3 is 15.0 Å². The van der Waals surface area contributed by atoms with E-state index < -0.39 is 12.1 Å². The molecule has 0 amide bonds. The largest absolute Gasteiger partial charge is 0.547 e. The third-order valence-electron chi connectivity index (χ3n) is 2.71. The van der Waals surface area contributed by atoms with Crippen molar-refractivity contribution in [3.8, 4) is 0 Å². The smallest absolute Gasteiger partial charge is 0.241 e. The minimum absolute atomic E-state index is 1.13. The lowest BCUT2D eigenvalue weighted by Gasteiger charge is -2.00.